The van der Waals surface area contributed by atoms with E-state index in [9.17, 15) is 18.4 Å². The lowest BCUT2D eigenvalue weighted by molar-refractivity contribution is -0.127. The molecule has 0 radical (unpaired) electrons. The van der Waals surface area contributed by atoms with Crippen LogP contribution in [0.1, 0.15) is 35.9 Å². The standard InChI is InChI=1S/C22H25F2N3O3S2/c1-12(2)27-20(29)18-13(3)14(4)32-19(18)25-22(27)31-11-17(28)26(5)10-15-6-8-16(9-7-15)30-21(23)24/h6-9,12,21H,10-11H2,1-5H3. The van der Waals surface area contributed by atoms with Gasteiger partial charge in [-0.3, -0.25) is 14.2 Å². The van der Waals surface area contributed by atoms with Crippen LogP contribution in [0, 0.1) is 13.8 Å². The van der Waals surface area contributed by atoms with E-state index in [1.807, 2.05) is 27.7 Å². The molecule has 0 fully saturated rings. The van der Waals surface area contributed by atoms with Gasteiger partial charge in [0.25, 0.3) is 5.56 Å². The summed E-state index contributed by atoms with van der Waals surface area (Å²) in [4.78, 5) is 33.8. The molecule has 32 heavy (non-hydrogen) atoms. The molecule has 3 aromatic rings. The monoisotopic (exact) mass is 481 g/mol. The van der Waals surface area contributed by atoms with Gasteiger partial charge in [-0.2, -0.15) is 8.78 Å². The number of fused-ring (bicyclic) bond motifs is 1. The Bertz CT molecular complexity index is 1170. The van der Waals surface area contributed by atoms with Crippen molar-refractivity contribution in [2.45, 2.75) is 52.0 Å². The van der Waals surface area contributed by atoms with E-state index in [1.54, 1.807) is 28.6 Å². The molecular weight excluding hydrogens is 456 g/mol. The van der Waals surface area contributed by atoms with Crippen molar-refractivity contribution >= 4 is 39.2 Å². The minimum atomic E-state index is -2.87. The van der Waals surface area contributed by atoms with Crippen molar-refractivity contribution in [1.29, 1.82) is 0 Å². The Morgan fingerprint density at radius 2 is 1.91 bits per heavy atom. The number of benzene rings is 1. The number of alkyl halides is 2. The third-order valence-corrected chi connectivity index (χ3v) is 7.08. The van der Waals surface area contributed by atoms with Crippen LogP contribution in [0.25, 0.3) is 10.2 Å². The molecule has 0 spiro atoms. The minimum Gasteiger partial charge on any atom is -0.435 e. The Labute approximate surface area is 193 Å². The molecule has 0 saturated heterocycles. The average molecular weight is 482 g/mol. The van der Waals surface area contributed by atoms with Crippen LogP contribution in [0.4, 0.5) is 8.78 Å². The molecule has 1 aromatic carbocycles. The first-order valence-electron chi connectivity index (χ1n) is 10.0. The zero-order valence-corrected chi connectivity index (χ0v) is 20.2. The van der Waals surface area contributed by atoms with E-state index in [0.717, 1.165) is 16.0 Å². The quantitative estimate of drug-likeness (QED) is 0.334. The lowest BCUT2D eigenvalue weighted by Crippen LogP contribution is -2.29. The summed E-state index contributed by atoms with van der Waals surface area (Å²) in [5.41, 5.74) is 1.66. The summed E-state index contributed by atoms with van der Waals surface area (Å²) in [5, 5.41) is 1.17. The smallest absolute Gasteiger partial charge is 0.387 e. The Balaban J connectivity index is 1.72. The van der Waals surface area contributed by atoms with Crippen molar-refractivity contribution in [2.24, 2.45) is 0 Å². The summed E-state index contributed by atoms with van der Waals surface area (Å²) in [6.07, 6.45) is 0. The van der Waals surface area contributed by atoms with Gasteiger partial charge in [0.05, 0.1) is 11.1 Å². The van der Waals surface area contributed by atoms with E-state index >= 15 is 0 Å². The second-order valence-electron chi connectivity index (χ2n) is 7.69. The van der Waals surface area contributed by atoms with Gasteiger partial charge in [0.15, 0.2) is 5.16 Å². The van der Waals surface area contributed by atoms with E-state index in [4.69, 9.17) is 0 Å². The van der Waals surface area contributed by atoms with Gasteiger partial charge in [0, 0.05) is 24.5 Å². The fourth-order valence-corrected chi connectivity index (χ4v) is 5.36. The third-order valence-electron chi connectivity index (χ3n) is 5.04. The fourth-order valence-electron chi connectivity index (χ4n) is 3.22. The van der Waals surface area contributed by atoms with Crippen molar-refractivity contribution in [1.82, 2.24) is 14.5 Å². The molecule has 0 N–H and O–H groups in total. The van der Waals surface area contributed by atoms with Gasteiger partial charge in [0.1, 0.15) is 10.6 Å². The lowest BCUT2D eigenvalue weighted by Gasteiger charge is -2.19. The number of aryl methyl sites for hydroxylation is 2. The highest BCUT2D eigenvalue weighted by molar-refractivity contribution is 7.99. The second kappa shape index (κ2) is 9.99. The number of aromatic nitrogens is 2. The molecule has 0 aliphatic carbocycles. The SMILES string of the molecule is Cc1sc2nc(SCC(=O)N(C)Cc3ccc(OC(F)F)cc3)n(C(C)C)c(=O)c2c1C. The number of carbonyl (C=O) groups excluding carboxylic acids is 1. The largest absolute Gasteiger partial charge is 0.435 e. The number of hydrogen-bond acceptors (Lipinski definition) is 6. The molecule has 0 saturated carbocycles. The van der Waals surface area contributed by atoms with Crippen molar-refractivity contribution in [2.75, 3.05) is 12.8 Å². The molecule has 0 unspecified atom stereocenters. The van der Waals surface area contributed by atoms with Crippen LogP contribution >= 0.6 is 23.1 Å². The van der Waals surface area contributed by atoms with Gasteiger partial charge >= 0.3 is 6.61 Å². The van der Waals surface area contributed by atoms with E-state index < -0.39 is 6.61 Å². The number of thiophene rings is 1. The number of rotatable bonds is 8. The lowest BCUT2D eigenvalue weighted by atomic mass is 10.2. The molecule has 0 aliphatic rings. The van der Waals surface area contributed by atoms with Crippen LogP contribution in [-0.2, 0) is 11.3 Å². The van der Waals surface area contributed by atoms with Crippen LogP contribution in [0.3, 0.4) is 0 Å². The maximum atomic E-state index is 13.1. The van der Waals surface area contributed by atoms with Gasteiger partial charge in [-0.1, -0.05) is 23.9 Å². The van der Waals surface area contributed by atoms with Crippen molar-refractivity contribution in [3.05, 3.63) is 50.6 Å². The zero-order chi connectivity index (χ0) is 23.6. The molecule has 0 aliphatic heterocycles. The van der Waals surface area contributed by atoms with Crippen LogP contribution in [-0.4, -0.2) is 39.8 Å². The van der Waals surface area contributed by atoms with Gasteiger partial charge < -0.3 is 9.64 Å². The highest BCUT2D eigenvalue weighted by Crippen LogP contribution is 2.29. The third kappa shape index (κ3) is 5.29. The first-order valence-corrected chi connectivity index (χ1v) is 11.8. The van der Waals surface area contributed by atoms with Crippen molar-refractivity contribution in [3.8, 4) is 5.75 Å². The van der Waals surface area contributed by atoms with Gasteiger partial charge in [-0.05, 0) is 51.0 Å². The van der Waals surface area contributed by atoms with Gasteiger partial charge in [-0.15, -0.1) is 11.3 Å². The second-order valence-corrected chi connectivity index (χ2v) is 9.83. The van der Waals surface area contributed by atoms with Crippen LogP contribution in [0.5, 0.6) is 5.75 Å². The van der Waals surface area contributed by atoms with E-state index in [2.05, 4.69) is 9.72 Å². The Kier molecular flexibility index (Phi) is 7.55. The summed E-state index contributed by atoms with van der Waals surface area (Å²) >= 11 is 2.72. The molecule has 2 heterocycles. The number of thioether (sulfide) groups is 1. The zero-order valence-electron chi connectivity index (χ0n) is 18.5. The van der Waals surface area contributed by atoms with Crippen LogP contribution < -0.4 is 10.3 Å². The summed E-state index contributed by atoms with van der Waals surface area (Å²) in [6.45, 7) is 5.19. The normalized spacial score (nSPS) is 11.5. The topological polar surface area (TPSA) is 64.4 Å². The van der Waals surface area contributed by atoms with E-state index in [-0.39, 0.29) is 29.0 Å². The summed E-state index contributed by atoms with van der Waals surface area (Å²) in [7, 11) is 1.67. The van der Waals surface area contributed by atoms with Gasteiger partial charge in [0.2, 0.25) is 5.91 Å². The fraction of sp³-hybridized carbons (Fsp3) is 0.409. The number of carbonyl (C=O) groups is 1. The van der Waals surface area contributed by atoms with E-state index in [1.165, 1.54) is 35.2 Å². The van der Waals surface area contributed by atoms with E-state index in [0.29, 0.717) is 21.9 Å². The number of hydrogen-bond donors (Lipinski definition) is 0. The van der Waals surface area contributed by atoms with Crippen LogP contribution in [0.2, 0.25) is 0 Å². The van der Waals surface area contributed by atoms with Crippen LogP contribution in [0.15, 0.2) is 34.2 Å². The van der Waals surface area contributed by atoms with Gasteiger partial charge in [-0.25, -0.2) is 4.98 Å². The summed E-state index contributed by atoms with van der Waals surface area (Å²) in [5.74, 6) is 0.0587. The molecule has 3 rings (SSSR count). The highest BCUT2D eigenvalue weighted by atomic mass is 32.2. The molecular formula is C22H25F2N3O3S2. The molecule has 1 amide bonds. The molecule has 2 aromatic heterocycles. The number of nitrogens with zero attached hydrogens (tertiary/aromatic N) is 3. The molecule has 0 bridgehead atoms. The first-order chi connectivity index (χ1) is 15.1. The number of halogens is 2. The molecule has 172 valence electrons. The molecule has 10 heteroatoms. The number of ether oxygens (including phenoxy) is 1. The van der Waals surface area contributed by atoms with Crippen molar-refractivity contribution < 1.29 is 18.3 Å². The number of amides is 1. The Hall–Kier alpha value is -2.46. The Morgan fingerprint density at radius 1 is 1.25 bits per heavy atom. The predicted molar refractivity (Wildman–Crippen MR) is 124 cm³/mol. The Morgan fingerprint density at radius 3 is 2.50 bits per heavy atom. The average Bonchev–Trinajstić information content (AvgIpc) is 3.00. The molecule has 0 atom stereocenters. The minimum absolute atomic E-state index is 0.0699. The van der Waals surface area contributed by atoms with Crippen molar-refractivity contribution in [3.63, 3.8) is 0 Å². The first kappa shape index (κ1) is 24.2. The molecule has 6 nitrogen and oxygen atoms in total. The maximum Gasteiger partial charge on any atom is 0.387 e. The summed E-state index contributed by atoms with van der Waals surface area (Å²) < 4.78 is 30.5. The maximum absolute atomic E-state index is 13.1. The summed E-state index contributed by atoms with van der Waals surface area (Å²) in [6, 6.07) is 6.08. The highest BCUT2D eigenvalue weighted by Gasteiger charge is 2.20. The predicted octanol–water partition coefficient (Wildman–Crippen LogP) is 5.01.